The number of carbonyl (C=O) groups excluding carboxylic acids is 3. The summed E-state index contributed by atoms with van der Waals surface area (Å²) in [6, 6.07) is 8.05. The number of esters is 1. The molecule has 1 aliphatic rings. The lowest BCUT2D eigenvalue weighted by Gasteiger charge is -2.18. The molecule has 1 N–H and O–H groups in total. The Balaban J connectivity index is 1.94. The first-order chi connectivity index (χ1) is 10.9. The maximum absolute atomic E-state index is 12.2. The van der Waals surface area contributed by atoms with Gasteiger partial charge in [-0.1, -0.05) is 19.1 Å². The third-order valence-electron chi connectivity index (χ3n) is 3.80. The van der Waals surface area contributed by atoms with Crippen LogP contribution in [-0.4, -0.2) is 34.9 Å². The monoisotopic (exact) mass is 315 g/mol. The lowest BCUT2D eigenvalue weighted by atomic mass is 9.99. The van der Waals surface area contributed by atoms with Crippen LogP contribution in [-0.2, 0) is 20.9 Å². The number of nitriles is 1. The molecule has 1 aliphatic heterocycles. The van der Waals surface area contributed by atoms with E-state index in [-0.39, 0.29) is 6.61 Å². The number of ether oxygens (including phenoxy) is 1. The summed E-state index contributed by atoms with van der Waals surface area (Å²) in [5.41, 5.74) is 0.151. The van der Waals surface area contributed by atoms with Crippen LogP contribution in [0.5, 0.6) is 0 Å². The lowest BCUT2D eigenvalue weighted by molar-refractivity contribution is -0.148. The quantitative estimate of drug-likeness (QED) is 0.652. The third kappa shape index (κ3) is 3.48. The molecule has 0 saturated carbocycles. The van der Waals surface area contributed by atoms with E-state index in [2.05, 4.69) is 5.32 Å². The standard InChI is InChI=1S/C16H17N3O4/c1-3-16(2)14(21)19(15(22)18-16)9-13(20)23-10-12-6-4-5-11(7-12)8-17/h4-7H,3,9-10H2,1-2H3,(H,18,22)/t16-/m0/s1. The van der Waals surface area contributed by atoms with E-state index in [9.17, 15) is 14.4 Å². The van der Waals surface area contributed by atoms with Gasteiger partial charge in [0, 0.05) is 0 Å². The average molecular weight is 315 g/mol. The van der Waals surface area contributed by atoms with Gasteiger partial charge in [0.05, 0.1) is 11.6 Å². The predicted molar refractivity (Wildman–Crippen MR) is 79.9 cm³/mol. The van der Waals surface area contributed by atoms with Gasteiger partial charge in [0.1, 0.15) is 18.7 Å². The molecule has 1 aromatic rings. The van der Waals surface area contributed by atoms with E-state index in [1.54, 1.807) is 38.1 Å². The number of hydrogen-bond donors (Lipinski definition) is 1. The number of urea groups is 1. The minimum Gasteiger partial charge on any atom is -0.459 e. The van der Waals surface area contributed by atoms with E-state index >= 15 is 0 Å². The van der Waals surface area contributed by atoms with Crippen molar-refractivity contribution in [3.8, 4) is 6.07 Å². The van der Waals surface area contributed by atoms with Gasteiger partial charge >= 0.3 is 12.0 Å². The van der Waals surface area contributed by atoms with Crippen LogP contribution < -0.4 is 5.32 Å². The summed E-state index contributed by atoms with van der Waals surface area (Å²) in [5.74, 6) is -1.12. The first-order valence-corrected chi connectivity index (χ1v) is 7.18. The van der Waals surface area contributed by atoms with Crippen LogP contribution in [0.25, 0.3) is 0 Å². The van der Waals surface area contributed by atoms with Crippen molar-refractivity contribution < 1.29 is 19.1 Å². The SMILES string of the molecule is CC[C@]1(C)NC(=O)N(CC(=O)OCc2cccc(C#N)c2)C1=O. The molecular formula is C16H17N3O4. The van der Waals surface area contributed by atoms with E-state index in [1.165, 1.54) is 0 Å². The Hall–Kier alpha value is -2.88. The van der Waals surface area contributed by atoms with Crippen LogP contribution in [0.1, 0.15) is 31.4 Å². The fourth-order valence-corrected chi connectivity index (χ4v) is 2.20. The minimum atomic E-state index is -0.974. The third-order valence-corrected chi connectivity index (χ3v) is 3.80. The van der Waals surface area contributed by atoms with Crippen LogP contribution >= 0.6 is 0 Å². The van der Waals surface area contributed by atoms with Gasteiger partial charge in [0.2, 0.25) is 0 Å². The Labute approximate surface area is 133 Å². The van der Waals surface area contributed by atoms with Gasteiger partial charge in [-0.15, -0.1) is 0 Å². The van der Waals surface area contributed by atoms with Crippen molar-refractivity contribution in [1.82, 2.24) is 10.2 Å². The molecule has 0 bridgehead atoms. The van der Waals surface area contributed by atoms with Crippen molar-refractivity contribution in [1.29, 1.82) is 5.26 Å². The molecule has 1 saturated heterocycles. The molecule has 7 nitrogen and oxygen atoms in total. The Kier molecular flexibility index (Phi) is 4.65. The molecule has 0 spiro atoms. The Morgan fingerprint density at radius 2 is 2.17 bits per heavy atom. The second-order valence-electron chi connectivity index (χ2n) is 5.48. The summed E-state index contributed by atoms with van der Waals surface area (Å²) in [4.78, 5) is 36.7. The van der Waals surface area contributed by atoms with Crippen LogP contribution in [0.4, 0.5) is 4.79 Å². The number of carbonyl (C=O) groups is 3. The smallest absolute Gasteiger partial charge is 0.326 e. The molecule has 0 aliphatic carbocycles. The van der Waals surface area contributed by atoms with E-state index in [1.807, 2.05) is 6.07 Å². The van der Waals surface area contributed by atoms with Crippen molar-refractivity contribution in [3.63, 3.8) is 0 Å². The number of imide groups is 1. The molecule has 3 amide bonds. The fraction of sp³-hybridized carbons (Fsp3) is 0.375. The second-order valence-corrected chi connectivity index (χ2v) is 5.48. The average Bonchev–Trinajstić information content (AvgIpc) is 2.77. The molecule has 0 unspecified atom stereocenters. The summed E-state index contributed by atoms with van der Waals surface area (Å²) in [7, 11) is 0. The van der Waals surface area contributed by atoms with E-state index < -0.39 is 30.0 Å². The first kappa shape index (κ1) is 16.5. The highest BCUT2D eigenvalue weighted by Crippen LogP contribution is 2.20. The van der Waals surface area contributed by atoms with Gasteiger partial charge in [-0.05, 0) is 31.0 Å². The van der Waals surface area contributed by atoms with Crippen molar-refractivity contribution in [2.24, 2.45) is 0 Å². The molecular weight excluding hydrogens is 298 g/mol. The molecule has 1 heterocycles. The molecule has 1 fully saturated rings. The summed E-state index contributed by atoms with van der Waals surface area (Å²) in [5, 5.41) is 11.4. The van der Waals surface area contributed by atoms with Gasteiger partial charge in [0.25, 0.3) is 5.91 Å². The molecule has 0 aromatic heterocycles. The van der Waals surface area contributed by atoms with Crippen LogP contribution in [0, 0.1) is 11.3 Å². The number of amides is 3. The lowest BCUT2D eigenvalue weighted by Crippen LogP contribution is -2.43. The topological polar surface area (TPSA) is 99.5 Å². The zero-order valence-electron chi connectivity index (χ0n) is 13.0. The van der Waals surface area contributed by atoms with Crippen LogP contribution in [0.2, 0.25) is 0 Å². The molecule has 1 atom stereocenters. The normalized spacial score (nSPS) is 20.1. The highest BCUT2D eigenvalue weighted by atomic mass is 16.5. The van der Waals surface area contributed by atoms with Crippen molar-refractivity contribution in [2.45, 2.75) is 32.4 Å². The Morgan fingerprint density at radius 1 is 1.43 bits per heavy atom. The predicted octanol–water partition coefficient (Wildman–Crippen LogP) is 1.32. The first-order valence-electron chi connectivity index (χ1n) is 7.18. The van der Waals surface area contributed by atoms with Crippen molar-refractivity contribution in [2.75, 3.05) is 6.54 Å². The number of rotatable bonds is 5. The zero-order chi connectivity index (χ0) is 17.0. The number of benzene rings is 1. The zero-order valence-corrected chi connectivity index (χ0v) is 13.0. The summed E-state index contributed by atoms with van der Waals surface area (Å²) in [6.07, 6.45) is 0.435. The molecule has 120 valence electrons. The molecule has 7 heteroatoms. The van der Waals surface area contributed by atoms with Crippen LogP contribution in [0.3, 0.4) is 0 Å². The van der Waals surface area contributed by atoms with E-state index in [0.29, 0.717) is 17.5 Å². The Bertz CT molecular complexity index is 695. The van der Waals surface area contributed by atoms with Crippen molar-refractivity contribution in [3.05, 3.63) is 35.4 Å². The van der Waals surface area contributed by atoms with Gasteiger partial charge in [-0.25, -0.2) is 4.79 Å². The second kappa shape index (κ2) is 6.48. The van der Waals surface area contributed by atoms with Crippen molar-refractivity contribution >= 4 is 17.9 Å². The highest BCUT2D eigenvalue weighted by molar-refractivity contribution is 6.08. The molecule has 23 heavy (non-hydrogen) atoms. The largest absolute Gasteiger partial charge is 0.459 e. The van der Waals surface area contributed by atoms with Crippen LogP contribution in [0.15, 0.2) is 24.3 Å². The number of hydrogen-bond acceptors (Lipinski definition) is 5. The van der Waals surface area contributed by atoms with Gasteiger partial charge in [-0.2, -0.15) is 5.26 Å². The number of nitrogens with zero attached hydrogens (tertiary/aromatic N) is 2. The number of nitrogens with one attached hydrogen (secondary N) is 1. The maximum atomic E-state index is 12.2. The fourth-order valence-electron chi connectivity index (χ4n) is 2.20. The minimum absolute atomic E-state index is 0.0248. The van der Waals surface area contributed by atoms with E-state index in [4.69, 9.17) is 10.00 Å². The van der Waals surface area contributed by atoms with Gasteiger partial charge in [-0.3, -0.25) is 14.5 Å². The molecule has 2 rings (SSSR count). The summed E-state index contributed by atoms with van der Waals surface area (Å²) in [6.45, 7) is 2.94. The molecule has 0 radical (unpaired) electrons. The molecule has 1 aromatic carbocycles. The van der Waals surface area contributed by atoms with Gasteiger partial charge in [0.15, 0.2) is 0 Å². The van der Waals surface area contributed by atoms with Gasteiger partial charge < -0.3 is 10.1 Å². The highest BCUT2D eigenvalue weighted by Gasteiger charge is 2.47. The van der Waals surface area contributed by atoms with E-state index in [0.717, 1.165) is 4.90 Å². The summed E-state index contributed by atoms with van der Waals surface area (Å²) < 4.78 is 5.07. The Morgan fingerprint density at radius 3 is 2.78 bits per heavy atom. The summed E-state index contributed by atoms with van der Waals surface area (Å²) >= 11 is 0. The maximum Gasteiger partial charge on any atom is 0.326 e.